The van der Waals surface area contributed by atoms with Gasteiger partial charge >= 0.3 is 0 Å². The van der Waals surface area contributed by atoms with Crippen LogP contribution in [-0.2, 0) is 15.4 Å². The summed E-state index contributed by atoms with van der Waals surface area (Å²) in [4.78, 5) is 0. The molecule has 0 aliphatic carbocycles. The van der Waals surface area contributed by atoms with Gasteiger partial charge in [-0.25, -0.2) is 4.21 Å². The quantitative estimate of drug-likeness (QED) is 0.761. The van der Waals surface area contributed by atoms with Gasteiger partial charge in [-0.3, -0.25) is 5.14 Å². The monoisotopic (exact) mass is 237 g/mol. The molecule has 2 unspecified atom stereocenters. The van der Waals surface area contributed by atoms with Gasteiger partial charge < -0.3 is 4.43 Å². The average molecular weight is 237 g/mol. The molecule has 0 radical (unpaired) electrons. The maximum atomic E-state index is 10.8. The zero-order valence-corrected chi connectivity index (χ0v) is 11.9. The molecule has 0 spiro atoms. The van der Waals surface area contributed by atoms with Gasteiger partial charge in [0.15, 0.2) is 8.32 Å². The minimum Gasteiger partial charge on any atom is -0.413 e. The van der Waals surface area contributed by atoms with Crippen molar-refractivity contribution in [1.29, 1.82) is 0 Å². The molecule has 0 heterocycles. The van der Waals surface area contributed by atoms with E-state index in [0.29, 0.717) is 5.75 Å². The molecular formula is C9H23NO2SSi. The third kappa shape index (κ3) is 4.68. The van der Waals surface area contributed by atoms with E-state index in [-0.39, 0.29) is 11.1 Å². The normalized spacial score (nSPS) is 17.9. The lowest BCUT2D eigenvalue weighted by Crippen LogP contribution is -2.44. The molecule has 0 rings (SSSR count). The van der Waals surface area contributed by atoms with Crippen molar-refractivity contribution in [1.82, 2.24) is 0 Å². The highest BCUT2D eigenvalue weighted by molar-refractivity contribution is 7.82. The van der Waals surface area contributed by atoms with Crippen LogP contribution < -0.4 is 5.14 Å². The Balaban J connectivity index is 4.29. The SMILES string of the molecule is CC(CS(N)=O)O[Si](C)(C)C(C)(C)C. The van der Waals surface area contributed by atoms with Gasteiger partial charge in [-0.2, -0.15) is 0 Å². The van der Waals surface area contributed by atoms with Gasteiger partial charge in [0, 0.05) is 0 Å². The maximum absolute atomic E-state index is 10.8. The van der Waals surface area contributed by atoms with Crippen LogP contribution in [0, 0.1) is 0 Å². The number of hydrogen-bond donors (Lipinski definition) is 1. The highest BCUT2D eigenvalue weighted by Gasteiger charge is 2.38. The third-order valence-corrected chi connectivity index (χ3v) is 8.10. The Hall–Kier alpha value is 0.287. The van der Waals surface area contributed by atoms with Crippen molar-refractivity contribution < 1.29 is 8.63 Å². The first-order valence-corrected chi connectivity index (χ1v) is 9.16. The first-order chi connectivity index (χ1) is 6.06. The van der Waals surface area contributed by atoms with Crippen molar-refractivity contribution >= 4 is 19.3 Å². The van der Waals surface area contributed by atoms with Crippen molar-refractivity contribution in [2.24, 2.45) is 5.14 Å². The van der Waals surface area contributed by atoms with E-state index in [0.717, 1.165) is 0 Å². The van der Waals surface area contributed by atoms with Crippen LogP contribution in [-0.4, -0.2) is 24.4 Å². The molecule has 0 aromatic rings. The zero-order valence-electron chi connectivity index (χ0n) is 10.1. The molecule has 0 aromatic carbocycles. The lowest BCUT2D eigenvalue weighted by atomic mass is 10.2. The summed E-state index contributed by atoms with van der Waals surface area (Å²) in [5.74, 6) is 0.423. The van der Waals surface area contributed by atoms with Gasteiger partial charge in [0.05, 0.1) is 22.8 Å². The third-order valence-electron chi connectivity index (χ3n) is 2.70. The van der Waals surface area contributed by atoms with Crippen LogP contribution >= 0.6 is 0 Å². The van der Waals surface area contributed by atoms with Crippen molar-refractivity contribution in [3.63, 3.8) is 0 Å². The lowest BCUT2D eigenvalue weighted by molar-refractivity contribution is 0.221. The van der Waals surface area contributed by atoms with E-state index >= 15 is 0 Å². The first-order valence-electron chi connectivity index (χ1n) is 4.87. The fourth-order valence-electron chi connectivity index (χ4n) is 0.945. The molecule has 0 fully saturated rings. The van der Waals surface area contributed by atoms with E-state index < -0.39 is 19.3 Å². The second-order valence-electron chi connectivity index (χ2n) is 5.24. The van der Waals surface area contributed by atoms with Crippen LogP contribution in [0.3, 0.4) is 0 Å². The zero-order chi connectivity index (χ0) is 11.6. The van der Waals surface area contributed by atoms with Gasteiger partial charge in [0.25, 0.3) is 0 Å². The molecule has 3 nitrogen and oxygen atoms in total. The number of hydrogen-bond acceptors (Lipinski definition) is 2. The molecule has 14 heavy (non-hydrogen) atoms. The van der Waals surface area contributed by atoms with E-state index in [1.54, 1.807) is 0 Å². The average Bonchev–Trinajstić information content (AvgIpc) is 1.79. The molecule has 0 aromatic heterocycles. The first kappa shape index (κ1) is 14.3. The second-order valence-corrected chi connectivity index (χ2v) is 11.1. The topological polar surface area (TPSA) is 52.3 Å². The molecule has 0 aliphatic heterocycles. The Morgan fingerprint density at radius 2 is 1.86 bits per heavy atom. The fourth-order valence-corrected chi connectivity index (χ4v) is 3.04. The Bertz CT molecular complexity index is 213. The summed E-state index contributed by atoms with van der Waals surface area (Å²) in [6.07, 6.45) is -0.0123. The van der Waals surface area contributed by atoms with Crippen LogP contribution in [0.5, 0.6) is 0 Å². The Morgan fingerprint density at radius 3 is 2.14 bits per heavy atom. The molecule has 0 saturated heterocycles. The minimum atomic E-state index is -1.72. The van der Waals surface area contributed by atoms with Crippen LogP contribution in [0.4, 0.5) is 0 Å². The molecule has 0 aliphatic rings. The van der Waals surface area contributed by atoms with Crippen LogP contribution in [0.15, 0.2) is 0 Å². The van der Waals surface area contributed by atoms with Gasteiger partial charge in [-0.1, -0.05) is 20.8 Å². The summed E-state index contributed by atoms with van der Waals surface area (Å²) in [5, 5.41) is 5.42. The van der Waals surface area contributed by atoms with Crippen LogP contribution in [0.1, 0.15) is 27.7 Å². The minimum absolute atomic E-state index is 0.0123. The van der Waals surface area contributed by atoms with E-state index in [2.05, 4.69) is 33.9 Å². The highest BCUT2D eigenvalue weighted by atomic mass is 32.2. The Kier molecular flexibility index (Phi) is 4.97. The maximum Gasteiger partial charge on any atom is 0.192 e. The van der Waals surface area contributed by atoms with Gasteiger partial charge in [-0.05, 0) is 25.1 Å². The molecular weight excluding hydrogens is 214 g/mol. The Labute approximate surface area is 91.1 Å². The molecule has 2 atom stereocenters. The summed E-state index contributed by atoms with van der Waals surface area (Å²) in [7, 11) is -2.98. The standard InChI is InChI=1S/C9H23NO2SSi/c1-8(7-13(10)11)12-14(5,6)9(2,3)4/h8H,7,10H2,1-6H3. The molecule has 86 valence electrons. The smallest absolute Gasteiger partial charge is 0.192 e. The summed E-state index contributed by atoms with van der Waals surface area (Å²) < 4.78 is 16.8. The molecule has 0 saturated carbocycles. The van der Waals surface area contributed by atoms with E-state index in [1.807, 2.05) is 6.92 Å². The van der Waals surface area contributed by atoms with Crippen molar-refractivity contribution in [2.75, 3.05) is 5.75 Å². The van der Waals surface area contributed by atoms with Crippen molar-refractivity contribution in [3.05, 3.63) is 0 Å². The van der Waals surface area contributed by atoms with Crippen molar-refractivity contribution in [3.8, 4) is 0 Å². The molecule has 5 heteroatoms. The van der Waals surface area contributed by atoms with E-state index in [1.165, 1.54) is 0 Å². The summed E-state index contributed by atoms with van der Waals surface area (Å²) in [6.45, 7) is 12.9. The molecule has 0 bridgehead atoms. The second kappa shape index (κ2) is 4.87. The number of nitrogens with two attached hydrogens (primary N) is 1. The van der Waals surface area contributed by atoms with Gasteiger partial charge in [0.2, 0.25) is 0 Å². The van der Waals surface area contributed by atoms with Crippen LogP contribution in [0.25, 0.3) is 0 Å². The summed E-state index contributed by atoms with van der Waals surface area (Å²) in [5.41, 5.74) is 0. The van der Waals surface area contributed by atoms with Crippen LogP contribution in [0.2, 0.25) is 18.1 Å². The summed E-state index contributed by atoms with van der Waals surface area (Å²) in [6, 6.07) is 0. The van der Waals surface area contributed by atoms with E-state index in [4.69, 9.17) is 9.56 Å². The number of rotatable bonds is 4. The predicted molar refractivity (Wildman–Crippen MR) is 64.9 cm³/mol. The molecule has 0 amide bonds. The lowest BCUT2D eigenvalue weighted by Gasteiger charge is -2.38. The predicted octanol–water partition coefficient (Wildman–Crippen LogP) is 2.02. The van der Waals surface area contributed by atoms with Gasteiger partial charge in [-0.15, -0.1) is 0 Å². The Morgan fingerprint density at radius 1 is 1.43 bits per heavy atom. The van der Waals surface area contributed by atoms with Gasteiger partial charge in [0.1, 0.15) is 0 Å². The molecule has 2 N–H and O–H groups in total. The summed E-state index contributed by atoms with van der Waals surface area (Å²) >= 11 is 0. The van der Waals surface area contributed by atoms with Crippen molar-refractivity contribution in [2.45, 2.75) is 51.9 Å². The fraction of sp³-hybridized carbons (Fsp3) is 1.00. The highest BCUT2D eigenvalue weighted by Crippen LogP contribution is 2.37. The van der Waals surface area contributed by atoms with E-state index in [9.17, 15) is 4.21 Å². The largest absolute Gasteiger partial charge is 0.413 e.